The predicted molar refractivity (Wildman–Crippen MR) is 45.5 cm³/mol. The van der Waals surface area contributed by atoms with E-state index < -0.39 is 0 Å². The molecule has 2 heteroatoms. The molecule has 0 bridgehead atoms. The molecule has 0 aliphatic rings. The average molecular weight is 140 g/mol. The predicted octanol–water partition coefficient (Wildman–Crippen LogP) is 2.17. The van der Waals surface area contributed by atoms with Gasteiger partial charge in [-0.1, -0.05) is 13.2 Å². The van der Waals surface area contributed by atoms with E-state index in [4.69, 9.17) is 12.6 Å². The smallest absolute Gasteiger partial charge is 0.0654 e. The number of rotatable bonds is 5. The van der Waals surface area contributed by atoms with Gasteiger partial charge >= 0.3 is 0 Å². The van der Waals surface area contributed by atoms with E-state index in [0.717, 1.165) is 25.8 Å². The van der Waals surface area contributed by atoms with E-state index in [1.54, 1.807) is 0 Å². The first-order valence-corrected chi connectivity index (χ1v) is 3.96. The zero-order valence-corrected chi connectivity index (χ0v) is 7.31. The second kappa shape index (κ2) is 4.78. The SMILES string of the molecule is [B]CCCOC(C)(C)CC. The van der Waals surface area contributed by atoms with E-state index in [9.17, 15) is 0 Å². The van der Waals surface area contributed by atoms with Gasteiger partial charge in [-0.15, -0.1) is 0 Å². The van der Waals surface area contributed by atoms with Crippen molar-refractivity contribution in [2.45, 2.75) is 45.5 Å². The van der Waals surface area contributed by atoms with Gasteiger partial charge in [-0.25, -0.2) is 0 Å². The minimum atomic E-state index is 0.0369. The Morgan fingerprint density at radius 2 is 2.00 bits per heavy atom. The van der Waals surface area contributed by atoms with Gasteiger partial charge in [0.15, 0.2) is 0 Å². The molecule has 0 aliphatic carbocycles. The molecule has 0 saturated heterocycles. The zero-order chi connectivity index (χ0) is 8.04. The Kier molecular flexibility index (Phi) is 4.79. The minimum absolute atomic E-state index is 0.0369. The quantitative estimate of drug-likeness (QED) is 0.420. The molecule has 0 unspecified atom stereocenters. The highest BCUT2D eigenvalue weighted by Crippen LogP contribution is 2.13. The van der Waals surface area contributed by atoms with E-state index >= 15 is 0 Å². The van der Waals surface area contributed by atoms with Gasteiger partial charge in [0.05, 0.1) is 13.4 Å². The number of hydrogen-bond donors (Lipinski definition) is 0. The lowest BCUT2D eigenvalue weighted by Gasteiger charge is -2.23. The summed E-state index contributed by atoms with van der Waals surface area (Å²) in [6.45, 7) is 7.12. The van der Waals surface area contributed by atoms with Crippen molar-refractivity contribution in [2.24, 2.45) is 0 Å². The minimum Gasteiger partial charge on any atom is -0.376 e. The second-order valence-electron chi connectivity index (χ2n) is 3.10. The zero-order valence-electron chi connectivity index (χ0n) is 7.31. The van der Waals surface area contributed by atoms with Crippen LogP contribution in [0.25, 0.3) is 0 Å². The summed E-state index contributed by atoms with van der Waals surface area (Å²) in [6, 6.07) is 0. The fourth-order valence-electron chi connectivity index (χ4n) is 0.534. The monoisotopic (exact) mass is 140 g/mol. The molecular formula is C8H17BO. The standard InChI is InChI=1S/C8H17BO/c1-4-8(2,3)10-7-5-6-9/h4-7H2,1-3H3. The summed E-state index contributed by atoms with van der Waals surface area (Å²) >= 11 is 0. The fourth-order valence-corrected chi connectivity index (χ4v) is 0.534. The van der Waals surface area contributed by atoms with Crippen molar-refractivity contribution in [3.05, 3.63) is 0 Å². The van der Waals surface area contributed by atoms with Crippen LogP contribution in [0.2, 0.25) is 6.32 Å². The van der Waals surface area contributed by atoms with Gasteiger partial charge in [-0.3, -0.25) is 0 Å². The molecule has 0 aromatic heterocycles. The van der Waals surface area contributed by atoms with Gasteiger partial charge in [-0.05, 0) is 26.7 Å². The second-order valence-corrected chi connectivity index (χ2v) is 3.10. The highest BCUT2D eigenvalue weighted by Gasteiger charge is 2.13. The molecule has 2 radical (unpaired) electrons. The highest BCUT2D eigenvalue weighted by molar-refractivity contribution is 6.08. The number of hydrogen-bond acceptors (Lipinski definition) is 1. The molecule has 58 valence electrons. The molecule has 0 aliphatic heterocycles. The van der Waals surface area contributed by atoms with Crippen LogP contribution >= 0.6 is 0 Å². The van der Waals surface area contributed by atoms with Crippen molar-refractivity contribution in [1.82, 2.24) is 0 Å². The highest BCUT2D eigenvalue weighted by atomic mass is 16.5. The average Bonchev–Trinajstić information content (AvgIpc) is 1.89. The molecular weight excluding hydrogens is 123 g/mol. The first kappa shape index (κ1) is 10.0. The third kappa shape index (κ3) is 4.86. The molecule has 0 aromatic rings. The lowest BCUT2D eigenvalue weighted by molar-refractivity contribution is -0.0194. The lowest BCUT2D eigenvalue weighted by atomic mass is 10.0. The Morgan fingerprint density at radius 1 is 1.40 bits per heavy atom. The van der Waals surface area contributed by atoms with Crippen molar-refractivity contribution in [3.8, 4) is 0 Å². The van der Waals surface area contributed by atoms with E-state index in [0.29, 0.717) is 0 Å². The van der Waals surface area contributed by atoms with Crippen LogP contribution in [0.5, 0.6) is 0 Å². The third-order valence-electron chi connectivity index (χ3n) is 1.69. The van der Waals surface area contributed by atoms with Crippen LogP contribution in [0.15, 0.2) is 0 Å². The van der Waals surface area contributed by atoms with E-state index in [-0.39, 0.29) is 5.60 Å². The van der Waals surface area contributed by atoms with E-state index in [1.807, 2.05) is 0 Å². The maximum Gasteiger partial charge on any atom is 0.0654 e. The van der Waals surface area contributed by atoms with Crippen LogP contribution in [-0.2, 0) is 4.74 Å². The molecule has 1 nitrogen and oxygen atoms in total. The molecule has 0 amide bonds. The summed E-state index contributed by atoms with van der Waals surface area (Å²) in [4.78, 5) is 0. The van der Waals surface area contributed by atoms with Crippen LogP contribution in [-0.4, -0.2) is 20.1 Å². The molecule has 10 heavy (non-hydrogen) atoms. The van der Waals surface area contributed by atoms with Crippen LogP contribution in [0.4, 0.5) is 0 Å². The Bertz CT molecular complexity index is 81.3. The van der Waals surface area contributed by atoms with Crippen molar-refractivity contribution in [3.63, 3.8) is 0 Å². The normalized spacial score (nSPS) is 11.9. The Morgan fingerprint density at radius 3 is 2.40 bits per heavy atom. The molecule has 0 spiro atoms. The summed E-state index contributed by atoms with van der Waals surface area (Å²) in [7, 11) is 5.32. The molecule has 0 atom stereocenters. The third-order valence-corrected chi connectivity index (χ3v) is 1.69. The maximum atomic E-state index is 5.54. The van der Waals surface area contributed by atoms with Crippen LogP contribution in [0.1, 0.15) is 33.6 Å². The van der Waals surface area contributed by atoms with E-state index in [1.165, 1.54) is 0 Å². The molecule has 0 heterocycles. The van der Waals surface area contributed by atoms with Crippen molar-refractivity contribution in [2.75, 3.05) is 6.61 Å². The largest absolute Gasteiger partial charge is 0.376 e. The van der Waals surface area contributed by atoms with Crippen LogP contribution in [0.3, 0.4) is 0 Å². The summed E-state index contributed by atoms with van der Waals surface area (Å²) < 4.78 is 5.54. The summed E-state index contributed by atoms with van der Waals surface area (Å²) in [5.41, 5.74) is 0.0369. The molecule has 0 rings (SSSR count). The topological polar surface area (TPSA) is 9.23 Å². The molecule has 0 aromatic carbocycles. The van der Waals surface area contributed by atoms with Crippen LogP contribution in [0, 0.1) is 0 Å². The number of ether oxygens (including phenoxy) is 1. The molecule has 0 saturated carbocycles. The summed E-state index contributed by atoms with van der Waals surface area (Å²) in [5.74, 6) is 0. The van der Waals surface area contributed by atoms with Gasteiger partial charge in [-0.2, -0.15) is 0 Å². The Labute approximate surface area is 65.6 Å². The van der Waals surface area contributed by atoms with Gasteiger partial charge < -0.3 is 4.74 Å². The summed E-state index contributed by atoms with van der Waals surface area (Å²) in [6.07, 6.45) is 2.74. The van der Waals surface area contributed by atoms with E-state index in [2.05, 4.69) is 20.8 Å². The van der Waals surface area contributed by atoms with Gasteiger partial charge in [0.25, 0.3) is 0 Å². The fraction of sp³-hybridized carbons (Fsp3) is 1.00. The van der Waals surface area contributed by atoms with Gasteiger partial charge in [0.1, 0.15) is 0 Å². The molecule has 0 fully saturated rings. The van der Waals surface area contributed by atoms with Gasteiger partial charge in [0, 0.05) is 6.61 Å². The summed E-state index contributed by atoms with van der Waals surface area (Å²) in [5, 5.41) is 0. The first-order chi connectivity index (χ1) is 4.62. The molecule has 0 N–H and O–H groups in total. The van der Waals surface area contributed by atoms with Crippen molar-refractivity contribution in [1.29, 1.82) is 0 Å². The lowest BCUT2D eigenvalue weighted by Crippen LogP contribution is -2.23. The first-order valence-electron chi connectivity index (χ1n) is 3.96. The van der Waals surface area contributed by atoms with Crippen molar-refractivity contribution >= 4 is 7.85 Å². The Balaban J connectivity index is 3.28. The maximum absolute atomic E-state index is 5.54. The Hall–Kier alpha value is 0.0249. The van der Waals surface area contributed by atoms with Gasteiger partial charge in [0.2, 0.25) is 0 Å². The van der Waals surface area contributed by atoms with Crippen LogP contribution < -0.4 is 0 Å². The van der Waals surface area contributed by atoms with Crippen molar-refractivity contribution < 1.29 is 4.74 Å².